The van der Waals surface area contributed by atoms with Gasteiger partial charge in [0, 0.05) is 26.2 Å². The lowest BCUT2D eigenvalue weighted by atomic mass is 10.2. The fraction of sp³-hybridized carbons (Fsp3) is 0.400. The molecule has 164 valence electrons. The SMILES string of the molecule is Cc1n[nH]c(C)c1S(=O)(=O)N1CCCN(C(=O)Cn2cnc3ccccc3c2=O)CC1. The Morgan fingerprint density at radius 1 is 1.13 bits per heavy atom. The molecule has 0 spiro atoms. The number of benzene rings is 1. The Bertz CT molecular complexity index is 1280. The summed E-state index contributed by atoms with van der Waals surface area (Å²) < 4.78 is 28.9. The second-order valence-electron chi connectivity index (χ2n) is 7.60. The van der Waals surface area contributed by atoms with Gasteiger partial charge in [-0.25, -0.2) is 13.4 Å². The third-order valence-corrected chi connectivity index (χ3v) is 7.67. The van der Waals surface area contributed by atoms with Crippen LogP contribution >= 0.6 is 0 Å². The minimum absolute atomic E-state index is 0.136. The first kappa shape index (κ1) is 21.2. The van der Waals surface area contributed by atoms with Crippen molar-refractivity contribution in [2.45, 2.75) is 31.7 Å². The minimum Gasteiger partial charge on any atom is -0.340 e. The molecule has 31 heavy (non-hydrogen) atoms. The van der Waals surface area contributed by atoms with Crippen molar-refractivity contribution in [2.24, 2.45) is 0 Å². The zero-order chi connectivity index (χ0) is 22.2. The molecule has 0 unspecified atom stereocenters. The summed E-state index contributed by atoms with van der Waals surface area (Å²) in [5, 5.41) is 7.15. The van der Waals surface area contributed by atoms with Crippen molar-refractivity contribution >= 4 is 26.8 Å². The van der Waals surface area contributed by atoms with E-state index in [9.17, 15) is 18.0 Å². The van der Waals surface area contributed by atoms with Crippen molar-refractivity contribution in [1.82, 2.24) is 29.0 Å². The van der Waals surface area contributed by atoms with Crippen LogP contribution in [0.4, 0.5) is 0 Å². The highest BCUT2D eigenvalue weighted by molar-refractivity contribution is 7.89. The quantitative estimate of drug-likeness (QED) is 0.631. The molecule has 0 atom stereocenters. The number of hydrogen-bond acceptors (Lipinski definition) is 6. The number of aryl methyl sites for hydroxylation is 2. The third kappa shape index (κ3) is 3.98. The summed E-state index contributed by atoms with van der Waals surface area (Å²) in [7, 11) is -3.71. The molecule has 1 amide bonds. The lowest BCUT2D eigenvalue weighted by Gasteiger charge is -2.22. The average molecular weight is 445 g/mol. The Hall–Kier alpha value is -3.05. The number of fused-ring (bicyclic) bond motifs is 1. The summed E-state index contributed by atoms with van der Waals surface area (Å²) >= 11 is 0. The number of sulfonamides is 1. The zero-order valence-corrected chi connectivity index (χ0v) is 18.2. The number of H-pyrrole nitrogens is 1. The van der Waals surface area contributed by atoms with E-state index in [1.54, 1.807) is 43.0 Å². The van der Waals surface area contributed by atoms with Crippen molar-refractivity contribution in [3.8, 4) is 0 Å². The number of aromatic amines is 1. The number of para-hydroxylation sites is 1. The second kappa shape index (κ2) is 8.23. The van der Waals surface area contributed by atoms with Crippen molar-refractivity contribution in [2.75, 3.05) is 26.2 Å². The van der Waals surface area contributed by atoms with E-state index >= 15 is 0 Å². The van der Waals surface area contributed by atoms with E-state index in [2.05, 4.69) is 15.2 Å². The Morgan fingerprint density at radius 2 is 1.90 bits per heavy atom. The number of nitrogens with one attached hydrogen (secondary N) is 1. The monoisotopic (exact) mass is 444 g/mol. The van der Waals surface area contributed by atoms with Gasteiger partial charge in [0.1, 0.15) is 11.4 Å². The topological polar surface area (TPSA) is 121 Å². The molecule has 1 saturated heterocycles. The van der Waals surface area contributed by atoms with Gasteiger partial charge in [-0.1, -0.05) is 12.1 Å². The lowest BCUT2D eigenvalue weighted by molar-refractivity contribution is -0.131. The van der Waals surface area contributed by atoms with Gasteiger partial charge in [0.25, 0.3) is 5.56 Å². The van der Waals surface area contributed by atoms with Crippen LogP contribution in [0.15, 0.2) is 40.3 Å². The summed E-state index contributed by atoms with van der Waals surface area (Å²) in [6.07, 6.45) is 1.88. The highest BCUT2D eigenvalue weighted by Crippen LogP contribution is 2.22. The molecule has 4 rings (SSSR count). The minimum atomic E-state index is -3.71. The summed E-state index contributed by atoms with van der Waals surface area (Å²) in [5.74, 6) is -0.242. The maximum atomic E-state index is 13.1. The zero-order valence-electron chi connectivity index (χ0n) is 17.4. The highest BCUT2D eigenvalue weighted by Gasteiger charge is 2.31. The van der Waals surface area contributed by atoms with Crippen LogP contribution in [0.25, 0.3) is 10.9 Å². The standard InChI is InChI=1S/C20H24N6O4S/c1-14-19(15(2)23-22-14)31(29,30)26-9-5-8-24(10-11-26)18(27)12-25-13-21-17-7-4-3-6-16(17)20(25)28/h3-4,6-7,13H,5,8-12H2,1-2H3,(H,22,23). The molecule has 3 aromatic rings. The Kier molecular flexibility index (Phi) is 5.63. The summed E-state index contributed by atoms with van der Waals surface area (Å²) in [6.45, 7) is 4.36. The Balaban J connectivity index is 1.48. The molecule has 0 aliphatic carbocycles. The van der Waals surface area contributed by atoms with E-state index in [0.29, 0.717) is 41.8 Å². The van der Waals surface area contributed by atoms with Crippen molar-refractivity contribution in [3.63, 3.8) is 0 Å². The number of amides is 1. The number of aromatic nitrogens is 4. The summed E-state index contributed by atoms with van der Waals surface area (Å²) in [5.41, 5.74) is 1.23. The van der Waals surface area contributed by atoms with Crippen molar-refractivity contribution in [1.29, 1.82) is 0 Å². The third-order valence-electron chi connectivity index (χ3n) is 5.50. The predicted molar refractivity (Wildman–Crippen MR) is 114 cm³/mol. The molecule has 11 heteroatoms. The maximum Gasteiger partial charge on any atom is 0.261 e. The van der Waals surface area contributed by atoms with Crippen LogP contribution in [0.2, 0.25) is 0 Å². The number of nitrogens with zero attached hydrogens (tertiary/aromatic N) is 5. The van der Waals surface area contributed by atoms with Gasteiger partial charge in [-0.15, -0.1) is 0 Å². The van der Waals surface area contributed by atoms with E-state index in [1.165, 1.54) is 15.2 Å². The van der Waals surface area contributed by atoms with E-state index in [4.69, 9.17) is 0 Å². The van der Waals surface area contributed by atoms with Crippen LogP contribution in [0.1, 0.15) is 17.8 Å². The number of carbonyl (C=O) groups is 1. The van der Waals surface area contributed by atoms with Gasteiger partial charge in [-0.3, -0.25) is 19.3 Å². The van der Waals surface area contributed by atoms with Gasteiger partial charge in [0.15, 0.2) is 0 Å². The molecule has 0 radical (unpaired) electrons. The van der Waals surface area contributed by atoms with Crippen LogP contribution in [0, 0.1) is 13.8 Å². The van der Waals surface area contributed by atoms with Crippen LogP contribution in [-0.2, 0) is 21.4 Å². The largest absolute Gasteiger partial charge is 0.340 e. The molecule has 0 saturated carbocycles. The summed E-state index contributed by atoms with van der Waals surface area (Å²) in [4.78, 5) is 31.5. The van der Waals surface area contributed by atoms with Gasteiger partial charge in [0.2, 0.25) is 15.9 Å². The molecule has 1 N–H and O–H groups in total. The Labute approximate surface area is 179 Å². The van der Waals surface area contributed by atoms with Gasteiger partial charge in [-0.2, -0.15) is 9.40 Å². The van der Waals surface area contributed by atoms with Gasteiger partial charge in [0.05, 0.1) is 28.6 Å². The molecule has 10 nitrogen and oxygen atoms in total. The van der Waals surface area contributed by atoms with Crippen LogP contribution in [0.3, 0.4) is 0 Å². The van der Waals surface area contributed by atoms with E-state index in [-0.39, 0.29) is 36.0 Å². The Morgan fingerprint density at radius 3 is 2.65 bits per heavy atom. The summed E-state index contributed by atoms with van der Waals surface area (Å²) in [6, 6.07) is 6.98. The van der Waals surface area contributed by atoms with Gasteiger partial charge in [-0.05, 0) is 32.4 Å². The first-order valence-electron chi connectivity index (χ1n) is 10.0. The first-order valence-corrected chi connectivity index (χ1v) is 11.5. The van der Waals surface area contributed by atoms with Crippen LogP contribution in [-0.4, -0.2) is 69.5 Å². The molecule has 1 aliphatic rings. The highest BCUT2D eigenvalue weighted by atomic mass is 32.2. The lowest BCUT2D eigenvalue weighted by Crippen LogP contribution is -2.40. The molecule has 1 aromatic carbocycles. The maximum absolute atomic E-state index is 13.1. The first-order chi connectivity index (χ1) is 14.8. The molecule has 0 bridgehead atoms. The molecular weight excluding hydrogens is 420 g/mol. The smallest absolute Gasteiger partial charge is 0.261 e. The van der Waals surface area contributed by atoms with Crippen molar-refractivity contribution in [3.05, 3.63) is 52.3 Å². The normalized spacial score (nSPS) is 15.9. The molecule has 2 aromatic heterocycles. The van der Waals surface area contributed by atoms with E-state index in [1.807, 2.05) is 0 Å². The van der Waals surface area contributed by atoms with Gasteiger partial charge >= 0.3 is 0 Å². The number of hydrogen-bond donors (Lipinski definition) is 1. The fourth-order valence-corrected chi connectivity index (χ4v) is 5.70. The molecule has 1 aliphatic heterocycles. The van der Waals surface area contributed by atoms with E-state index in [0.717, 1.165) is 0 Å². The van der Waals surface area contributed by atoms with Gasteiger partial charge < -0.3 is 4.90 Å². The molecule has 3 heterocycles. The van der Waals surface area contributed by atoms with Crippen LogP contribution in [0.5, 0.6) is 0 Å². The fourth-order valence-electron chi connectivity index (χ4n) is 3.90. The number of carbonyl (C=O) groups excluding carboxylic acids is 1. The molecule has 1 fully saturated rings. The van der Waals surface area contributed by atoms with Crippen molar-refractivity contribution < 1.29 is 13.2 Å². The average Bonchev–Trinajstić information content (AvgIpc) is 2.94. The predicted octanol–water partition coefficient (Wildman–Crippen LogP) is 0.660. The molecular formula is C20H24N6O4S. The van der Waals surface area contributed by atoms with E-state index < -0.39 is 10.0 Å². The van der Waals surface area contributed by atoms with Crippen LogP contribution < -0.4 is 5.56 Å². The second-order valence-corrected chi connectivity index (χ2v) is 9.47. The number of rotatable bonds is 4.